The SMILES string of the molecule is CCS(=O)C1CCCC(NC(=NC)NCCCCn2cnnc2)C1.I. The number of guanidine groups is 1. The van der Waals surface area contributed by atoms with E-state index in [1.54, 1.807) is 19.7 Å². The maximum atomic E-state index is 12.0. The van der Waals surface area contributed by atoms with Crippen LogP contribution in [0.15, 0.2) is 17.6 Å². The Bertz CT molecular complexity index is 525. The van der Waals surface area contributed by atoms with Gasteiger partial charge in [-0.25, -0.2) is 0 Å². The van der Waals surface area contributed by atoms with Crippen molar-refractivity contribution in [3.8, 4) is 0 Å². The minimum atomic E-state index is -0.687. The summed E-state index contributed by atoms with van der Waals surface area (Å²) in [5.74, 6) is 1.61. The molecule has 1 fully saturated rings. The van der Waals surface area contributed by atoms with Gasteiger partial charge >= 0.3 is 0 Å². The van der Waals surface area contributed by atoms with Crippen molar-refractivity contribution in [2.45, 2.75) is 63.3 Å². The van der Waals surface area contributed by atoms with E-state index in [0.29, 0.717) is 11.3 Å². The number of halogens is 1. The zero-order valence-corrected chi connectivity index (χ0v) is 18.3. The average Bonchev–Trinajstić information content (AvgIpc) is 3.13. The minimum absolute atomic E-state index is 0. The van der Waals surface area contributed by atoms with Gasteiger partial charge in [0.2, 0.25) is 0 Å². The lowest BCUT2D eigenvalue weighted by molar-refractivity contribution is 0.413. The van der Waals surface area contributed by atoms with Crippen molar-refractivity contribution in [1.82, 2.24) is 25.4 Å². The van der Waals surface area contributed by atoms with Gasteiger partial charge in [0.25, 0.3) is 0 Å². The molecule has 144 valence electrons. The summed E-state index contributed by atoms with van der Waals surface area (Å²) in [6.45, 7) is 3.83. The normalized spacial score (nSPS) is 22.1. The first kappa shape index (κ1) is 22.3. The molecule has 25 heavy (non-hydrogen) atoms. The third-order valence-corrected chi connectivity index (χ3v) is 6.19. The van der Waals surface area contributed by atoms with Gasteiger partial charge in [0.15, 0.2) is 5.96 Å². The molecular formula is C16H31IN6OS. The van der Waals surface area contributed by atoms with Crippen LogP contribution in [0.3, 0.4) is 0 Å². The van der Waals surface area contributed by atoms with Crippen LogP contribution in [0.1, 0.15) is 45.4 Å². The fourth-order valence-corrected chi connectivity index (χ4v) is 4.45. The van der Waals surface area contributed by atoms with Gasteiger partial charge in [-0.1, -0.05) is 13.3 Å². The van der Waals surface area contributed by atoms with E-state index < -0.39 is 10.8 Å². The zero-order valence-electron chi connectivity index (χ0n) is 15.2. The summed E-state index contributed by atoms with van der Waals surface area (Å²) in [5.41, 5.74) is 0. The van der Waals surface area contributed by atoms with Crippen LogP contribution in [0.25, 0.3) is 0 Å². The lowest BCUT2D eigenvalue weighted by Gasteiger charge is -2.30. The number of aliphatic imine (C=N–C) groups is 1. The molecule has 2 rings (SSSR count). The van der Waals surface area contributed by atoms with Gasteiger partial charge in [-0.2, -0.15) is 0 Å². The second-order valence-corrected chi connectivity index (χ2v) is 8.21. The number of rotatable bonds is 8. The third kappa shape index (κ3) is 8.02. The summed E-state index contributed by atoms with van der Waals surface area (Å²) >= 11 is 0. The Morgan fingerprint density at radius 3 is 2.76 bits per heavy atom. The van der Waals surface area contributed by atoms with E-state index in [4.69, 9.17) is 0 Å². The Hall–Kier alpha value is -0.710. The van der Waals surface area contributed by atoms with E-state index in [1.807, 2.05) is 11.5 Å². The molecule has 0 amide bonds. The summed E-state index contributed by atoms with van der Waals surface area (Å²) in [4.78, 5) is 4.31. The molecule has 1 aromatic heterocycles. The fourth-order valence-electron chi connectivity index (χ4n) is 3.10. The lowest BCUT2D eigenvalue weighted by atomic mass is 9.95. The molecule has 1 aromatic rings. The zero-order chi connectivity index (χ0) is 17.2. The van der Waals surface area contributed by atoms with E-state index in [-0.39, 0.29) is 24.0 Å². The molecule has 9 heteroatoms. The molecular weight excluding hydrogens is 451 g/mol. The second-order valence-electron chi connectivity index (χ2n) is 6.21. The Morgan fingerprint density at radius 1 is 1.32 bits per heavy atom. The standard InChI is InChI=1S/C16H30N6OS.HI/c1-3-24(23)15-8-6-7-14(11-15)21-16(17-2)18-9-4-5-10-22-12-19-20-13-22;/h12-15H,3-11H2,1-2H3,(H2,17,18,21);1H. The summed E-state index contributed by atoms with van der Waals surface area (Å²) < 4.78 is 14.0. The van der Waals surface area contributed by atoms with Crippen molar-refractivity contribution in [3.05, 3.63) is 12.7 Å². The van der Waals surface area contributed by atoms with Crippen LogP contribution in [0.2, 0.25) is 0 Å². The molecule has 0 aliphatic heterocycles. The van der Waals surface area contributed by atoms with E-state index in [9.17, 15) is 4.21 Å². The molecule has 3 atom stereocenters. The highest BCUT2D eigenvalue weighted by molar-refractivity contribution is 14.0. The van der Waals surface area contributed by atoms with Crippen LogP contribution < -0.4 is 10.6 Å². The molecule has 3 unspecified atom stereocenters. The fraction of sp³-hybridized carbons (Fsp3) is 0.812. The van der Waals surface area contributed by atoms with E-state index >= 15 is 0 Å². The highest BCUT2D eigenvalue weighted by Crippen LogP contribution is 2.22. The minimum Gasteiger partial charge on any atom is -0.356 e. The van der Waals surface area contributed by atoms with Crippen LogP contribution >= 0.6 is 24.0 Å². The molecule has 0 aromatic carbocycles. The van der Waals surface area contributed by atoms with Crippen molar-refractivity contribution in [2.24, 2.45) is 4.99 Å². The van der Waals surface area contributed by atoms with Crippen molar-refractivity contribution in [2.75, 3.05) is 19.3 Å². The van der Waals surface area contributed by atoms with Gasteiger partial charge in [-0.05, 0) is 32.1 Å². The predicted octanol–water partition coefficient (Wildman–Crippen LogP) is 1.92. The first-order valence-electron chi connectivity index (χ1n) is 8.89. The number of hydrogen-bond acceptors (Lipinski definition) is 4. The van der Waals surface area contributed by atoms with Gasteiger partial charge in [0, 0.05) is 48.0 Å². The third-order valence-electron chi connectivity index (χ3n) is 4.45. The van der Waals surface area contributed by atoms with Crippen molar-refractivity contribution in [3.63, 3.8) is 0 Å². The number of nitrogens with zero attached hydrogens (tertiary/aromatic N) is 4. The van der Waals surface area contributed by atoms with E-state index in [2.05, 4.69) is 25.8 Å². The molecule has 1 heterocycles. The van der Waals surface area contributed by atoms with Gasteiger partial charge in [-0.15, -0.1) is 34.2 Å². The molecule has 0 radical (unpaired) electrons. The van der Waals surface area contributed by atoms with E-state index in [0.717, 1.165) is 63.3 Å². The quantitative estimate of drug-likeness (QED) is 0.256. The maximum absolute atomic E-state index is 12.0. The Kier molecular flexibility index (Phi) is 11.3. The predicted molar refractivity (Wildman–Crippen MR) is 114 cm³/mol. The first-order chi connectivity index (χ1) is 11.7. The Labute approximate surface area is 170 Å². The maximum Gasteiger partial charge on any atom is 0.191 e. The molecule has 1 aliphatic carbocycles. The summed E-state index contributed by atoms with van der Waals surface area (Å²) in [5, 5.41) is 14.8. The number of aromatic nitrogens is 3. The number of aryl methyl sites for hydroxylation is 1. The van der Waals surface area contributed by atoms with Gasteiger partial charge in [0.05, 0.1) is 0 Å². The number of nitrogens with one attached hydrogen (secondary N) is 2. The van der Waals surface area contributed by atoms with Gasteiger partial charge in [0.1, 0.15) is 12.7 Å². The van der Waals surface area contributed by atoms with Crippen molar-refractivity contribution >= 4 is 40.7 Å². The molecule has 7 nitrogen and oxygen atoms in total. The molecule has 1 saturated carbocycles. The first-order valence-corrected chi connectivity index (χ1v) is 10.3. The van der Waals surface area contributed by atoms with Crippen molar-refractivity contribution in [1.29, 1.82) is 0 Å². The summed E-state index contributed by atoms with van der Waals surface area (Å²) in [6.07, 6.45) is 9.97. The second kappa shape index (κ2) is 12.6. The topological polar surface area (TPSA) is 84.2 Å². The summed E-state index contributed by atoms with van der Waals surface area (Å²) in [6, 6.07) is 0.377. The molecule has 1 aliphatic rings. The lowest BCUT2D eigenvalue weighted by Crippen LogP contribution is -2.46. The summed E-state index contributed by atoms with van der Waals surface area (Å²) in [7, 11) is 1.12. The van der Waals surface area contributed by atoms with E-state index in [1.165, 1.54) is 0 Å². The highest BCUT2D eigenvalue weighted by Gasteiger charge is 2.25. The van der Waals surface area contributed by atoms with Gasteiger partial charge < -0.3 is 15.2 Å². The Morgan fingerprint density at radius 2 is 2.08 bits per heavy atom. The highest BCUT2D eigenvalue weighted by atomic mass is 127. The smallest absolute Gasteiger partial charge is 0.191 e. The van der Waals surface area contributed by atoms with Crippen LogP contribution in [0.4, 0.5) is 0 Å². The van der Waals surface area contributed by atoms with Crippen LogP contribution in [-0.4, -0.2) is 55.6 Å². The largest absolute Gasteiger partial charge is 0.356 e. The van der Waals surface area contributed by atoms with Crippen LogP contribution in [0.5, 0.6) is 0 Å². The molecule has 0 bridgehead atoms. The van der Waals surface area contributed by atoms with Crippen molar-refractivity contribution < 1.29 is 4.21 Å². The molecule has 0 spiro atoms. The van der Waals surface area contributed by atoms with Crippen LogP contribution in [0, 0.1) is 0 Å². The monoisotopic (exact) mass is 482 g/mol. The van der Waals surface area contributed by atoms with Crippen LogP contribution in [-0.2, 0) is 17.3 Å². The van der Waals surface area contributed by atoms with Gasteiger partial charge in [-0.3, -0.25) is 9.20 Å². The molecule has 0 saturated heterocycles. The number of unbranched alkanes of at least 4 members (excludes halogenated alkanes) is 1. The Balaban J connectivity index is 0.00000312. The number of hydrogen-bond donors (Lipinski definition) is 2. The molecule has 2 N–H and O–H groups in total. The average molecular weight is 482 g/mol.